The van der Waals surface area contributed by atoms with Gasteiger partial charge in [-0.2, -0.15) is 0 Å². The van der Waals surface area contributed by atoms with Gasteiger partial charge in [-0.15, -0.1) is 11.6 Å². The van der Waals surface area contributed by atoms with Crippen LogP contribution < -0.4 is 0 Å². The molecule has 1 aliphatic rings. The highest BCUT2D eigenvalue weighted by Crippen LogP contribution is 2.14. The zero-order valence-corrected chi connectivity index (χ0v) is 9.28. The summed E-state index contributed by atoms with van der Waals surface area (Å²) in [7, 11) is -2.87. The number of nitrogens with zero attached hydrogens (tertiary/aromatic N) is 1. The van der Waals surface area contributed by atoms with Crippen LogP contribution in [0, 0.1) is 0 Å². The van der Waals surface area contributed by atoms with Crippen LogP contribution in [0.25, 0.3) is 0 Å². The van der Waals surface area contributed by atoms with E-state index in [2.05, 4.69) is 0 Å². The monoisotopic (exact) mass is 225 g/mol. The van der Waals surface area contributed by atoms with Crippen LogP contribution in [0.5, 0.6) is 0 Å². The molecule has 0 aromatic carbocycles. The highest BCUT2D eigenvalue weighted by atomic mass is 35.5. The molecule has 1 saturated heterocycles. The Hall–Kier alpha value is 0.200. The van der Waals surface area contributed by atoms with Gasteiger partial charge in [0.25, 0.3) is 0 Å². The molecule has 0 radical (unpaired) electrons. The Balaban J connectivity index is 2.22. The van der Waals surface area contributed by atoms with Crippen LogP contribution in [0.4, 0.5) is 0 Å². The lowest BCUT2D eigenvalue weighted by molar-refractivity contribution is 0.429. The van der Waals surface area contributed by atoms with Gasteiger partial charge in [0, 0.05) is 19.0 Å². The number of hydrogen-bond donors (Lipinski definition) is 0. The average molecular weight is 226 g/mol. The third kappa shape index (κ3) is 3.44. The fraction of sp³-hybridized carbons (Fsp3) is 1.00. The first-order valence-electron chi connectivity index (χ1n) is 4.70. The number of hydrogen-bond acceptors (Lipinski definition) is 2. The van der Waals surface area contributed by atoms with E-state index in [9.17, 15) is 8.42 Å². The molecule has 0 aromatic rings. The van der Waals surface area contributed by atoms with Crippen molar-refractivity contribution in [2.24, 2.45) is 0 Å². The smallest absolute Gasteiger partial charge is 0.212 e. The predicted octanol–water partition coefficient (Wildman–Crippen LogP) is 1.43. The van der Waals surface area contributed by atoms with Crippen molar-refractivity contribution in [3.63, 3.8) is 0 Å². The zero-order chi connectivity index (χ0) is 9.73. The molecule has 0 N–H and O–H groups in total. The maximum atomic E-state index is 11.3. The lowest BCUT2D eigenvalue weighted by Gasteiger charge is -2.13. The van der Waals surface area contributed by atoms with Crippen LogP contribution >= 0.6 is 11.6 Å². The highest BCUT2D eigenvalue weighted by Gasteiger charge is 2.26. The number of sulfonamides is 1. The summed E-state index contributed by atoms with van der Waals surface area (Å²) in [6, 6.07) is 0. The van der Waals surface area contributed by atoms with E-state index < -0.39 is 10.0 Å². The van der Waals surface area contributed by atoms with Gasteiger partial charge in [0.2, 0.25) is 10.0 Å². The van der Waals surface area contributed by atoms with E-state index in [1.165, 1.54) is 0 Å². The quantitative estimate of drug-likeness (QED) is 0.525. The van der Waals surface area contributed by atoms with Crippen LogP contribution in [0.3, 0.4) is 0 Å². The minimum Gasteiger partial charge on any atom is -0.212 e. The fourth-order valence-corrected chi connectivity index (χ4v) is 3.26. The van der Waals surface area contributed by atoms with E-state index in [0.29, 0.717) is 24.7 Å². The number of alkyl halides is 1. The minimum atomic E-state index is -2.87. The van der Waals surface area contributed by atoms with Gasteiger partial charge in [0.15, 0.2) is 0 Å². The summed E-state index contributed by atoms with van der Waals surface area (Å²) in [4.78, 5) is 0. The van der Waals surface area contributed by atoms with Crippen LogP contribution in [-0.4, -0.2) is 37.4 Å². The van der Waals surface area contributed by atoms with E-state index in [-0.39, 0.29) is 0 Å². The molecular weight excluding hydrogens is 210 g/mol. The summed E-state index contributed by atoms with van der Waals surface area (Å²) in [6.45, 7) is 1.39. The molecule has 0 saturated carbocycles. The summed E-state index contributed by atoms with van der Waals surface area (Å²) < 4.78 is 24.2. The van der Waals surface area contributed by atoms with E-state index >= 15 is 0 Å². The summed E-state index contributed by atoms with van der Waals surface area (Å²) in [5.74, 6) is 1.01. The Kier molecular flexibility index (Phi) is 4.49. The van der Waals surface area contributed by atoms with Crippen molar-refractivity contribution in [3.05, 3.63) is 0 Å². The maximum Gasteiger partial charge on any atom is 0.214 e. The molecule has 1 aliphatic heterocycles. The average Bonchev–Trinajstić information content (AvgIpc) is 2.40. The van der Waals surface area contributed by atoms with E-state index in [0.717, 1.165) is 25.7 Å². The molecule has 1 fully saturated rings. The topological polar surface area (TPSA) is 37.4 Å². The summed E-state index contributed by atoms with van der Waals surface area (Å²) in [5.41, 5.74) is 0. The Morgan fingerprint density at radius 2 is 2.00 bits per heavy atom. The Labute approximate surface area is 85.1 Å². The first kappa shape index (κ1) is 11.3. The number of halogens is 1. The molecule has 0 atom stereocenters. The third-order valence-electron chi connectivity index (χ3n) is 2.24. The summed E-state index contributed by atoms with van der Waals surface area (Å²) >= 11 is 5.52. The second kappa shape index (κ2) is 5.17. The van der Waals surface area contributed by atoms with Gasteiger partial charge in [0.05, 0.1) is 5.75 Å². The zero-order valence-electron chi connectivity index (χ0n) is 7.71. The second-order valence-corrected chi connectivity index (χ2v) is 5.78. The maximum absolute atomic E-state index is 11.3. The number of unbranched alkanes of at least 4 members (excludes halogenated alkanes) is 2. The van der Waals surface area contributed by atoms with Gasteiger partial charge >= 0.3 is 0 Å². The van der Waals surface area contributed by atoms with E-state index in [1.54, 1.807) is 4.31 Å². The highest BCUT2D eigenvalue weighted by molar-refractivity contribution is 7.89. The lowest BCUT2D eigenvalue weighted by atomic mass is 10.2. The Bertz CT molecular complexity index is 241. The predicted molar refractivity (Wildman–Crippen MR) is 54.5 cm³/mol. The van der Waals surface area contributed by atoms with Gasteiger partial charge in [0.1, 0.15) is 0 Å². The molecule has 3 nitrogen and oxygen atoms in total. The first-order valence-corrected chi connectivity index (χ1v) is 6.85. The molecule has 0 amide bonds. The molecule has 78 valence electrons. The van der Waals surface area contributed by atoms with Crippen molar-refractivity contribution >= 4 is 21.6 Å². The molecule has 13 heavy (non-hydrogen) atoms. The molecule has 0 spiro atoms. The van der Waals surface area contributed by atoms with Gasteiger partial charge in [-0.05, 0) is 19.3 Å². The van der Waals surface area contributed by atoms with Crippen molar-refractivity contribution in [2.75, 3.05) is 24.7 Å². The standard InChI is InChI=1S/C8H16ClNO2S/c9-5-2-1-3-6-10-7-4-8-13(10,11)12/h1-8H2. The van der Waals surface area contributed by atoms with E-state index in [4.69, 9.17) is 11.6 Å². The molecule has 0 aromatic heterocycles. The number of rotatable bonds is 5. The fourth-order valence-electron chi connectivity index (χ4n) is 1.50. The largest absolute Gasteiger partial charge is 0.214 e. The Morgan fingerprint density at radius 3 is 2.54 bits per heavy atom. The molecular formula is C8H16ClNO2S. The molecule has 0 bridgehead atoms. The molecule has 0 aliphatic carbocycles. The minimum absolute atomic E-state index is 0.336. The van der Waals surface area contributed by atoms with Crippen LogP contribution in [0.15, 0.2) is 0 Å². The van der Waals surface area contributed by atoms with E-state index in [1.807, 2.05) is 0 Å². The van der Waals surface area contributed by atoms with Crippen molar-refractivity contribution in [1.82, 2.24) is 4.31 Å². The molecule has 1 heterocycles. The van der Waals surface area contributed by atoms with Crippen LogP contribution in [0.2, 0.25) is 0 Å². The third-order valence-corrected chi connectivity index (χ3v) is 4.47. The SMILES string of the molecule is O=S1(=O)CCCN1CCCCCCl. The summed E-state index contributed by atoms with van der Waals surface area (Å²) in [6.07, 6.45) is 3.73. The van der Waals surface area contributed by atoms with Crippen LogP contribution in [0.1, 0.15) is 25.7 Å². The van der Waals surface area contributed by atoms with Crippen LogP contribution in [-0.2, 0) is 10.0 Å². The second-order valence-electron chi connectivity index (χ2n) is 3.32. The molecule has 5 heteroatoms. The Morgan fingerprint density at radius 1 is 1.23 bits per heavy atom. The lowest BCUT2D eigenvalue weighted by Crippen LogP contribution is -2.26. The molecule has 1 rings (SSSR count). The van der Waals surface area contributed by atoms with Crippen molar-refractivity contribution in [2.45, 2.75) is 25.7 Å². The van der Waals surface area contributed by atoms with Gasteiger partial charge in [-0.3, -0.25) is 0 Å². The van der Waals surface area contributed by atoms with Gasteiger partial charge in [-0.25, -0.2) is 12.7 Å². The normalized spacial score (nSPS) is 22.2. The molecule has 0 unspecified atom stereocenters. The van der Waals surface area contributed by atoms with Gasteiger partial charge in [-0.1, -0.05) is 6.42 Å². The first-order chi connectivity index (χ1) is 6.17. The van der Waals surface area contributed by atoms with Gasteiger partial charge < -0.3 is 0 Å². The van der Waals surface area contributed by atoms with Crippen molar-refractivity contribution in [3.8, 4) is 0 Å². The van der Waals surface area contributed by atoms with Crippen molar-refractivity contribution in [1.29, 1.82) is 0 Å². The summed E-state index contributed by atoms with van der Waals surface area (Å²) in [5, 5.41) is 0. The van der Waals surface area contributed by atoms with Crippen molar-refractivity contribution < 1.29 is 8.42 Å².